The first-order valence-electron chi connectivity index (χ1n) is 8.05. The van der Waals surface area contributed by atoms with Crippen LogP contribution < -0.4 is 0 Å². The summed E-state index contributed by atoms with van der Waals surface area (Å²) in [7, 11) is 0. The summed E-state index contributed by atoms with van der Waals surface area (Å²) >= 11 is 1.61. The van der Waals surface area contributed by atoms with Gasteiger partial charge in [-0.1, -0.05) is 6.07 Å². The quantitative estimate of drug-likeness (QED) is 0.790. The molecule has 0 unspecified atom stereocenters. The highest BCUT2D eigenvalue weighted by molar-refractivity contribution is 7.09. The Kier molecular flexibility index (Phi) is 3.90. The number of H-pyrrole nitrogens is 1. The van der Waals surface area contributed by atoms with Crippen LogP contribution in [0.25, 0.3) is 11.3 Å². The molecule has 1 amide bonds. The predicted molar refractivity (Wildman–Crippen MR) is 93.9 cm³/mol. The number of aromatic amines is 1. The maximum atomic E-state index is 12.9. The topological polar surface area (TPSA) is 61.9 Å². The van der Waals surface area contributed by atoms with Gasteiger partial charge in [0.25, 0.3) is 5.91 Å². The van der Waals surface area contributed by atoms with E-state index in [-0.39, 0.29) is 11.9 Å². The largest absolute Gasteiger partial charge is 0.357 e. The molecule has 4 heterocycles. The summed E-state index contributed by atoms with van der Waals surface area (Å²) in [6.07, 6.45) is 5.61. The summed E-state index contributed by atoms with van der Waals surface area (Å²) in [5.74, 6) is 0.0290. The van der Waals surface area contributed by atoms with Crippen molar-refractivity contribution in [2.24, 2.45) is 0 Å². The molecule has 6 heteroatoms. The maximum absolute atomic E-state index is 12.9. The molecule has 0 spiro atoms. The molecule has 1 saturated heterocycles. The zero-order valence-corrected chi connectivity index (χ0v) is 14.2. The fourth-order valence-corrected chi connectivity index (χ4v) is 3.83. The Bertz CT molecular complexity index is 855. The molecule has 1 aliphatic heterocycles. The van der Waals surface area contributed by atoms with Crippen LogP contribution in [0, 0.1) is 6.92 Å². The summed E-state index contributed by atoms with van der Waals surface area (Å²) in [4.78, 5) is 26.9. The van der Waals surface area contributed by atoms with Crippen molar-refractivity contribution >= 4 is 17.2 Å². The summed E-state index contributed by atoms with van der Waals surface area (Å²) in [6.45, 7) is 2.75. The first-order valence-corrected chi connectivity index (χ1v) is 8.93. The molecule has 0 bridgehead atoms. The minimum absolute atomic E-state index is 0.0290. The average Bonchev–Trinajstić information content (AvgIpc) is 3.35. The van der Waals surface area contributed by atoms with Gasteiger partial charge in [-0.3, -0.25) is 9.78 Å². The monoisotopic (exact) mass is 338 g/mol. The van der Waals surface area contributed by atoms with Gasteiger partial charge in [0, 0.05) is 29.9 Å². The number of likely N-dealkylation sites (tertiary alicyclic amines) is 1. The molecule has 0 aromatic carbocycles. The molecule has 5 nitrogen and oxygen atoms in total. The van der Waals surface area contributed by atoms with E-state index in [0.717, 1.165) is 41.3 Å². The van der Waals surface area contributed by atoms with Crippen molar-refractivity contribution < 1.29 is 4.79 Å². The smallest absolute Gasteiger partial charge is 0.270 e. The maximum Gasteiger partial charge on any atom is 0.270 e. The fourth-order valence-electron chi connectivity index (χ4n) is 3.21. The Balaban J connectivity index is 1.58. The molecular formula is C18H18N4OS. The molecule has 0 radical (unpaired) electrons. The number of carbonyl (C=O) groups is 1. The lowest BCUT2D eigenvalue weighted by Crippen LogP contribution is -2.31. The van der Waals surface area contributed by atoms with Crippen molar-refractivity contribution in [1.29, 1.82) is 0 Å². The van der Waals surface area contributed by atoms with Crippen LogP contribution in [0.4, 0.5) is 0 Å². The Morgan fingerprint density at radius 1 is 1.42 bits per heavy atom. The van der Waals surface area contributed by atoms with Gasteiger partial charge in [-0.25, -0.2) is 4.98 Å². The first kappa shape index (κ1) is 15.1. The van der Waals surface area contributed by atoms with Crippen LogP contribution in [-0.2, 0) is 0 Å². The Morgan fingerprint density at radius 3 is 3.08 bits per heavy atom. The third-order valence-corrected chi connectivity index (χ3v) is 5.14. The molecule has 1 aliphatic rings. The molecule has 3 aromatic heterocycles. The van der Waals surface area contributed by atoms with Gasteiger partial charge >= 0.3 is 0 Å². The lowest BCUT2D eigenvalue weighted by Gasteiger charge is -2.23. The van der Waals surface area contributed by atoms with Gasteiger partial charge in [0.15, 0.2) is 0 Å². The van der Waals surface area contributed by atoms with Gasteiger partial charge in [0.2, 0.25) is 0 Å². The van der Waals surface area contributed by atoms with Crippen LogP contribution in [0.1, 0.15) is 40.1 Å². The van der Waals surface area contributed by atoms with Gasteiger partial charge in [0.1, 0.15) is 5.69 Å². The molecule has 1 N–H and O–H groups in total. The zero-order chi connectivity index (χ0) is 16.5. The number of nitrogens with zero attached hydrogens (tertiary/aromatic N) is 3. The second-order valence-corrected chi connectivity index (χ2v) is 7.03. The summed E-state index contributed by atoms with van der Waals surface area (Å²) in [6, 6.07) is 7.82. The second kappa shape index (κ2) is 6.20. The van der Waals surface area contributed by atoms with Gasteiger partial charge < -0.3 is 9.88 Å². The molecule has 0 saturated carbocycles. The lowest BCUT2D eigenvalue weighted by molar-refractivity contribution is 0.0727. The Hall–Kier alpha value is -2.47. The number of aryl methyl sites for hydroxylation is 1. The third-order valence-electron chi connectivity index (χ3n) is 4.37. The Labute approximate surface area is 144 Å². The number of nitrogens with one attached hydrogen (secondary N) is 1. The summed E-state index contributed by atoms with van der Waals surface area (Å²) < 4.78 is 0. The van der Waals surface area contributed by atoms with E-state index in [1.165, 1.54) is 0 Å². The standard InChI is InChI=1S/C18H18N4OS/c1-12-21-16(11-24-12)13-9-15(20-10-13)18(23)22-8-4-6-17(22)14-5-2-3-7-19-14/h2-3,5,7,9-11,17,20H,4,6,8H2,1H3/t17-/m1/s1. The van der Waals surface area contributed by atoms with Crippen LogP contribution in [0.2, 0.25) is 0 Å². The van der Waals surface area contributed by atoms with E-state index in [4.69, 9.17) is 0 Å². The van der Waals surface area contributed by atoms with Gasteiger partial charge in [-0.15, -0.1) is 11.3 Å². The van der Waals surface area contributed by atoms with Crippen molar-refractivity contribution in [3.63, 3.8) is 0 Å². The lowest BCUT2D eigenvalue weighted by atomic mass is 10.1. The Morgan fingerprint density at radius 2 is 2.33 bits per heavy atom. The number of rotatable bonds is 3. The van der Waals surface area contributed by atoms with Crippen LogP contribution >= 0.6 is 11.3 Å². The van der Waals surface area contributed by atoms with E-state index < -0.39 is 0 Å². The van der Waals surface area contributed by atoms with Crippen molar-refractivity contribution in [3.8, 4) is 11.3 Å². The van der Waals surface area contributed by atoms with E-state index >= 15 is 0 Å². The number of thiazole rings is 1. The number of hydrogen-bond donors (Lipinski definition) is 1. The minimum atomic E-state index is 0.0290. The van der Waals surface area contributed by atoms with E-state index in [0.29, 0.717) is 5.69 Å². The molecule has 1 fully saturated rings. The molecule has 122 valence electrons. The second-order valence-electron chi connectivity index (χ2n) is 5.96. The number of carbonyl (C=O) groups excluding carboxylic acids is 1. The van der Waals surface area contributed by atoms with Gasteiger partial charge in [-0.05, 0) is 38.0 Å². The highest BCUT2D eigenvalue weighted by atomic mass is 32.1. The summed E-state index contributed by atoms with van der Waals surface area (Å²) in [5.41, 5.74) is 3.44. The van der Waals surface area contributed by atoms with Crippen molar-refractivity contribution in [2.45, 2.75) is 25.8 Å². The fraction of sp³-hybridized carbons (Fsp3) is 0.278. The van der Waals surface area contributed by atoms with E-state index in [1.54, 1.807) is 17.5 Å². The number of amides is 1. The van der Waals surface area contributed by atoms with Crippen molar-refractivity contribution in [3.05, 3.63) is 58.4 Å². The number of aromatic nitrogens is 3. The predicted octanol–water partition coefficient (Wildman–Crippen LogP) is 3.82. The third kappa shape index (κ3) is 2.73. The van der Waals surface area contributed by atoms with E-state index in [2.05, 4.69) is 15.0 Å². The zero-order valence-electron chi connectivity index (χ0n) is 13.4. The minimum Gasteiger partial charge on any atom is -0.357 e. The molecular weight excluding hydrogens is 320 g/mol. The number of pyridine rings is 1. The highest BCUT2D eigenvalue weighted by Crippen LogP contribution is 2.32. The van der Waals surface area contributed by atoms with E-state index in [1.807, 2.05) is 47.7 Å². The van der Waals surface area contributed by atoms with E-state index in [9.17, 15) is 4.79 Å². The molecule has 1 atom stereocenters. The van der Waals surface area contributed by atoms with Crippen molar-refractivity contribution in [2.75, 3.05) is 6.54 Å². The molecule has 0 aliphatic carbocycles. The molecule has 4 rings (SSSR count). The SMILES string of the molecule is Cc1nc(-c2c[nH]c(C(=O)N3CCC[C@@H]3c3ccccn3)c2)cs1. The van der Waals surface area contributed by atoms with Crippen molar-refractivity contribution in [1.82, 2.24) is 19.9 Å². The summed E-state index contributed by atoms with van der Waals surface area (Å²) in [5, 5.41) is 3.04. The number of hydrogen-bond acceptors (Lipinski definition) is 4. The van der Waals surface area contributed by atoms with Gasteiger partial charge in [-0.2, -0.15) is 0 Å². The molecule has 3 aromatic rings. The van der Waals surface area contributed by atoms with Gasteiger partial charge in [0.05, 0.1) is 22.4 Å². The van der Waals surface area contributed by atoms with Crippen LogP contribution in [0.5, 0.6) is 0 Å². The van der Waals surface area contributed by atoms with Crippen LogP contribution in [0.15, 0.2) is 42.0 Å². The van der Waals surface area contributed by atoms with Crippen LogP contribution in [0.3, 0.4) is 0 Å². The molecule has 24 heavy (non-hydrogen) atoms. The first-order chi connectivity index (χ1) is 11.7. The van der Waals surface area contributed by atoms with Crippen LogP contribution in [-0.4, -0.2) is 32.3 Å². The average molecular weight is 338 g/mol. The highest BCUT2D eigenvalue weighted by Gasteiger charge is 2.32. The normalized spacial score (nSPS) is 17.4.